The number of nitrogens with one attached hydrogen (secondary N) is 1. The van der Waals surface area contributed by atoms with Crippen LogP contribution in [0.4, 0.5) is 0 Å². The minimum absolute atomic E-state index is 0.391. The molecule has 0 spiro atoms. The van der Waals surface area contributed by atoms with Crippen molar-refractivity contribution in [3.05, 3.63) is 0 Å². The highest BCUT2D eigenvalue weighted by molar-refractivity contribution is 5.01. The molecule has 0 aromatic rings. The van der Waals surface area contributed by atoms with Crippen LogP contribution in [0, 0.1) is 11.8 Å². The van der Waals surface area contributed by atoms with Gasteiger partial charge in [-0.05, 0) is 70.9 Å². The third-order valence-electron chi connectivity index (χ3n) is 4.95. The monoisotopic (exact) mass is 252 g/mol. The molecule has 2 nitrogen and oxygen atoms in total. The molecule has 2 aliphatic rings. The smallest absolute Gasteiger partial charge is 0.0308 e. The van der Waals surface area contributed by atoms with E-state index in [1.807, 2.05) is 0 Å². The van der Waals surface area contributed by atoms with Gasteiger partial charge in [0.1, 0.15) is 0 Å². The molecule has 2 heteroatoms. The van der Waals surface area contributed by atoms with Gasteiger partial charge in [0.2, 0.25) is 0 Å². The van der Waals surface area contributed by atoms with Crippen molar-refractivity contribution in [3.63, 3.8) is 0 Å². The SMILES string of the molecule is CC(C)CCC(C)N1CCCNC(C)(C2CC2)C1. The topological polar surface area (TPSA) is 15.3 Å². The van der Waals surface area contributed by atoms with E-state index < -0.39 is 0 Å². The van der Waals surface area contributed by atoms with E-state index in [9.17, 15) is 0 Å². The van der Waals surface area contributed by atoms with Crippen molar-refractivity contribution in [3.8, 4) is 0 Å². The molecule has 0 amide bonds. The third kappa shape index (κ3) is 3.71. The van der Waals surface area contributed by atoms with Crippen LogP contribution in [-0.2, 0) is 0 Å². The lowest BCUT2D eigenvalue weighted by molar-refractivity contribution is 0.149. The summed E-state index contributed by atoms with van der Waals surface area (Å²) < 4.78 is 0. The van der Waals surface area contributed by atoms with Crippen molar-refractivity contribution in [2.75, 3.05) is 19.6 Å². The molecule has 0 bridgehead atoms. The average Bonchev–Trinajstić information content (AvgIpc) is 3.12. The summed E-state index contributed by atoms with van der Waals surface area (Å²) in [6.07, 6.45) is 6.92. The molecule has 2 atom stereocenters. The van der Waals surface area contributed by atoms with Crippen molar-refractivity contribution in [1.82, 2.24) is 10.2 Å². The maximum absolute atomic E-state index is 3.83. The Hall–Kier alpha value is -0.0800. The molecule has 2 rings (SSSR count). The molecule has 1 aliphatic carbocycles. The zero-order valence-electron chi connectivity index (χ0n) is 12.8. The molecule has 0 aromatic carbocycles. The van der Waals surface area contributed by atoms with Crippen molar-refractivity contribution in [2.24, 2.45) is 11.8 Å². The van der Waals surface area contributed by atoms with Crippen LogP contribution in [0.25, 0.3) is 0 Å². The van der Waals surface area contributed by atoms with Crippen molar-refractivity contribution >= 4 is 0 Å². The van der Waals surface area contributed by atoms with E-state index in [-0.39, 0.29) is 0 Å². The molecule has 1 saturated heterocycles. The van der Waals surface area contributed by atoms with E-state index in [1.165, 1.54) is 51.7 Å². The number of rotatable bonds is 5. The first-order valence-electron chi connectivity index (χ1n) is 8.00. The second kappa shape index (κ2) is 5.92. The molecule has 1 N–H and O–H groups in total. The van der Waals surface area contributed by atoms with Crippen molar-refractivity contribution < 1.29 is 0 Å². The Morgan fingerprint density at radius 3 is 2.56 bits per heavy atom. The normalized spacial score (nSPS) is 32.5. The maximum atomic E-state index is 3.83. The maximum Gasteiger partial charge on any atom is 0.0308 e. The van der Waals surface area contributed by atoms with Gasteiger partial charge in [0, 0.05) is 18.1 Å². The molecule has 1 saturated carbocycles. The predicted octanol–water partition coefficient (Wildman–Crippen LogP) is 3.28. The number of hydrogen-bond acceptors (Lipinski definition) is 2. The first-order valence-corrected chi connectivity index (χ1v) is 8.00. The van der Waals surface area contributed by atoms with Crippen LogP contribution in [0.5, 0.6) is 0 Å². The first kappa shape index (κ1) is 14.3. The Balaban J connectivity index is 1.89. The van der Waals surface area contributed by atoms with E-state index in [0.29, 0.717) is 5.54 Å². The summed E-state index contributed by atoms with van der Waals surface area (Å²) >= 11 is 0. The van der Waals surface area contributed by atoms with Gasteiger partial charge in [0.05, 0.1) is 0 Å². The van der Waals surface area contributed by atoms with Gasteiger partial charge in [-0.25, -0.2) is 0 Å². The molecule has 106 valence electrons. The van der Waals surface area contributed by atoms with Crippen LogP contribution in [0.2, 0.25) is 0 Å². The van der Waals surface area contributed by atoms with Crippen LogP contribution in [0.15, 0.2) is 0 Å². The average molecular weight is 252 g/mol. The lowest BCUT2D eigenvalue weighted by Crippen LogP contribution is -2.52. The summed E-state index contributed by atoms with van der Waals surface area (Å²) in [5.41, 5.74) is 0.391. The summed E-state index contributed by atoms with van der Waals surface area (Å²) in [6, 6.07) is 0.755. The summed E-state index contributed by atoms with van der Waals surface area (Å²) in [7, 11) is 0. The van der Waals surface area contributed by atoms with Gasteiger partial charge in [-0.3, -0.25) is 4.90 Å². The van der Waals surface area contributed by atoms with E-state index >= 15 is 0 Å². The van der Waals surface area contributed by atoms with Gasteiger partial charge in [-0.1, -0.05) is 13.8 Å². The molecule has 1 aliphatic heterocycles. The van der Waals surface area contributed by atoms with E-state index in [2.05, 4.69) is 37.9 Å². The standard InChI is InChI=1S/C16H32N2/c1-13(2)6-7-14(3)18-11-5-10-17-16(4,12-18)15-8-9-15/h13-15,17H,5-12H2,1-4H3. The second-order valence-electron chi connectivity index (χ2n) is 7.26. The Morgan fingerprint density at radius 2 is 1.94 bits per heavy atom. The fourth-order valence-corrected chi connectivity index (χ4v) is 3.34. The molecule has 2 fully saturated rings. The summed E-state index contributed by atoms with van der Waals surface area (Å²) in [4.78, 5) is 2.75. The summed E-state index contributed by atoms with van der Waals surface area (Å²) in [5, 5.41) is 3.83. The molecule has 0 radical (unpaired) electrons. The first-order chi connectivity index (χ1) is 8.51. The zero-order chi connectivity index (χ0) is 13.2. The predicted molar refractivity (Wildman–Crippen MR) is 78.9 cm³/mol. The second-order valence-corrected chi connectivity index (χ2v) is 7.26. The van der Waals surface area contributed by atoms with Gasteiger partial charge in [-0.15, -0.1) is 0 Å². The highest BCUT2D eigenvalue weighted by Crippen LogP contribution is 2.40. The summed E-state index contributed by atoms with van der Waals surface area (Å²) in [6.45, 7) is 13.3. The van der Waals surface area contributed by atoms with Gasteiger partial charge in [0.15, 0.2) is 0 Å². The van der Waals surface area contributed by atoms with E-state index in [4.69, 9.17) is 0 Å². The highest BCUT2D eigenvalue weighted by Gasteiger charge is 2.43. The van der Waals surface area contributed by atoms with E-state index in [1.54, 1.807) is 0 Å². The summed E-state index contributed by atoms with van der Waals surface area (Å²) in [5.74, 6) is 1.78. The van der Waals surface area contributed by atoms with Gasteiger partial charge < -0.3 is 5.32 Å². The van der Waals surface area contributed by atoms with Gasteiger partial charge in [0.25, 0.3) is 0 Å². The fraction of sp³-hybridized carbons (Fsp3) is 1.00. The Morgan fingerprint density at radius 1 is 1.22 bits per heavy atom. The van der Waals surface area contributed by atoms with Crippen molar-refractivity contribution in [1.29, 1.82) is 0 Å². The van der Waals surface area contributed by atoms with E-state index in [0.717, 1.165) is 17.9 Å². The lowest BCUT2D eigenvalue weighted by atomic mass is 9.94. The van der Waals surface area contributed by atoms with Crippen LogP contribution in [0.3, 0.4) is 0 Å². The largest absolute Gasteiger partial charge is 0.310 e. The molecule has 2 unspecified atom stereocenters. The number of hydrogen-bond donors (Lipinski definition) is 1. The van der Waals surface area contributed by atoms with Crippen LogP contribution in [-0.4, -0.2) is 36.1 Å². The van der Waals surface area contributed by atoms with Crippen LogP contribution < -0.4 is 5.32 Å². The third-order valence-corrected chi connectivity index (χ3v) is 4.95. The molecular weight excluding hydrogens is 220 g/mol. The highest BCUT2D eigenvalue weighted by atomic mass is 15.2. The van der Waals surface area contributed by atoms with Crippen LogP contribution >= 0.6 is 0 Å². The van der Waals surface area contributed by atoms with Gasteiger partial charge >= 0.3 is 0 Å². The fourth-order valence-electron chi connectivity index (χ4n) is 3.34. The Kier molecular flexibility index (Phi) is 4.71. The molecule has 0 aromatic heterocycles. The number of nitrogens with zero attached hydrogens (tertiary/aromatic N) is 1. The van der Waals surface area contributed by atoms with Crippen LogP contribution in [0.1, 0.15) is 59.8 Å². The quantitative estimate of drug-likeness (QED) is 0.808. The Labute approximate surface area is 114 Å². The lowest BCUT2D eigenvalue weighted by Gasteiger charge is -2.37. The Bertz CT molecular complexity index is 260. The minimum atomic E-state index is 0.391. The van der Waals surface area contributed by atoms with Crippen molar-refractivity contribution in [2.45, 2.75) is 71.4 Å². The minimum Gasteiger partial charge on any atom is -0.310 e. The molecular formula is C16H32N2. The molecule has 18 heavy (non-hydrogen) atoms. The van der Waals surface area contributed by atoms with Gasteiger partial charge in [-0.2, -0.15) is 0 Å². The molecule has 1 heterocycles. The zero-order valence-corrected chi connectivity index (χ0v) is 12.8.